The second-order valence-electron chi connectivity index (χ2n) is 4.42. The lowest BCUT2D eigenvalue weighted by atomic mass is 10.1. The van der Waals surface area contributed by atoms with Crippen LogP contribution in [0.2, 0.25) is 0 Å². The van der Waals surface area contributed by atoms with E-state index in [1.165, 1.54) is 0 Å². The molecule has 0 radical (unpaired) electrons. The summed E-state index contributed by atoms with van der Waals surface area (Å²) in [4.78, 5) is 14.1. The Kier molecular flexibility index (Phi) is 12.9. The fourth-order valence-electron chi connectivity index (χ4n) is 1.87. The van der Waals surface area contributed by atoms with Crippen molar-refractivity contribution in [2.24, 2.45) is 0 Å². The van der Waals surface area contributed by atoms with Crippen molar-refractivity contribution in [3.63, 3.8) is 0 Å². The highest BCUT2D eigenvalue weighted by molar-refractivity contribution is 5.85. The van der Waals surface area contributed by atoms with Gasteiger partial charge in [0.15, 0.2) is 0 Å². The molecule has 1 unspecified atom stereocenters. The van der Waals surface area contributed by atoms with E-state index in [4.69, 9.17) is 0 Å². The molecule has 4 nitrogen and oxygen atoms in total. The maximum absolute atomic E-state index is 12.2. The summed E-state index contributed by atoms with van der Waals surface area (Å²) in [6.45, 7) is 4.43. The molecule has 0 aromatic heterocycles. The zero-order valence-corrected chi connectivity index (χ0v) is 13.9. The summed E-state index contributed by atoms with van der Waals surface area (Å²) in [5, 5.41) is 6.14. The fourth-order valence-corrected chi connectivity index (χ4v) is 1.87. The number of halogens is 2. The van der Waals surface area contributed by atoms with Crippen LogP contribution < -0.4 is 10.6 Å². The summed E-state index contributed by atoms with van der Waals surface area (Å²) in [6, 6.07) is 9.60. The minimum Gasteiger partial charge on any atom is -0.353 e. The van der Waals surface area contributed by atoms with Gasteiger partial charge < -0.3 is 10.6 Å². The number of nitrogens with zero attached hydrogens (tertiary/aromatic N) is 1. The first-order valence-corrected chi connectivity index (χ1v) is 6.36. The summed E-state index contributed by atoms with van der Waals surface area (Å²) in [7, 11) is 3.84. The van der Waals surface area contributed by atoms with Crippen LogP contribution in [0, 0.1) is 0 Å². The van der Waals surface area contributed by atoms with Crippen molar-refractivity contribution in [2.75, 3.05) is 33.7 Å². The Hall–Kier alpha value is -0.810. The number of benzene rings is 1. The van der Waals surface area contributed by atoms with Crippen LogP contribution in [0.5, 0.6) is 0 Å². The van der Waals surface area contributed by atoms with Gasteiger partial charge in [-0.2, -0.15) is 0 Å². The number of hydrogen-bond donors (Lipinski definition) is 2. The number of hydrogen-bond acceptors (Lipinski definition) is 3. The van der Waals surface area contributed by atoms with Crippen molar-refractivity contribution in [1.29, 1.82) is 0 Å². The molecule has 2 N–H and O–H groups in total. The first-order chi connectivity index (χ1) is 8.66. The average molecular weight is 322 g/mol. The van der Waals surface area contributed by atoms with Crippen LogP contribution in [-0.4, -0.2) is 44.5 Å². The van der Waals surface area contributed by atoms with Crippen LogP contribution in [0.25, 0.3) is 0 Å². The summed E-state index contributed by atoms with van der Waals surface area (Å²) >= 11 is 0. The second-order valence-corrected chi connectivity index (χ2v) is 4.42. The van der Waals surface area contributed by atoms with Gasteiger partial charge in [0.25, 0.3) is 0 Å². The van der Waals surface area contributed by atoms with Gasteiger partial charge in [-0.1, -0.05) is 37.3 Å². The first-order valence-electron chi connectivity index (χ1n) is 6.36. The van der Waals surface area contributed by atoms with E-state index in [0.29, 0.717) is 6.54 Å². The zero-order valence-electron chi connectivity index (χ0n) is 12.3. The fraction of sp³-hybridized carbons (Fsp3) is 0.500. The Labute approximate surface area is 134 Å². The maximum atomic E-state index is 12.2. The van der Waals surface area contributed by atoms with Crippen LogP contribution in [0.15, 0.2) is 30.3 Å². The van der Waals surface area contributed by atoms with Crippen molar-refractivity contribution in [3.05, 3.63) is 35.9 Å². The van der Waals surface area contributed by atoms with Gasteiger partial charge in [0, 0.05) is 13.1 Å². The molecule has 0 fully saturated rings. The summed E-state index contributed by atoms with van der Waals surface area (Å²) < 4.78 is 0. The monoisotopic (exact) mass is 321 g/mol. The molecule has 0 bridgehead atoms. The number of likely N-dealkylation sites (N-methyl/N-ethyl adjacent to an activating group) is 2. The Morgan fingerprint density at radius 1 is 1.15 bits per heavy atom. The lowest BCUT2D eigenvalue weighted by Gasteiger charge is -2.23. The topological polar surface area (TPSA) is 44.4 Å². The highest BCUT2D eigenvalue weighted by Crippen LogP contribution is 2.17. The van der Waals surface area contributed by atoms with Gasteiger partial charge in [0.1, 0.15) is 6.04 Å². The molecule has 0 heterocycles. The van der Waals surface area contributed by atoms with Gasteiger partial charge in [-0.05, 0) is 26.2 Å². The van der Waals surface area contributed by atoms with E-state index in [9.17, 15) is 4.79 Å². The molecule has 0 aliphatic heterocycles. The SMILES string of the molecule is CCNCCNC(=O)C(c1ccccc1)N(C)C.Cl.Cl. The average Bonchev–Trinajstić information content (AvgIpc) is 2.36. The third-order valence-electron chi connectivity index (χ3n) is 2.73. The predicted molar refractivity (Wildman–Crippen MR) is 88.9 cm³/mol. The zero-order chi connectivity index (χ0) is 13.4. The van der Waals surface area contributed by atoms with Crippen molar-refractivity contribution >= 4 is 30.7 Å². The molecule has 1 aromatic carbocycles. The number of rotatable bonds is 7. The molecule has 116 valence electrons. The van der Waals surface area contributed by atoms with E-state index >= 15 is 0 Å². The van der Waals surface area contributed by atoms with Gasteiger partial charge in [-0.3, -0.25) is 9.69 Å². The normalized spacial score (nSPS) is 11.2. The van der Waals surface area contributed by atoms with Crippen LogP contribution in [0.4, 0.5) is 0 Å². The highest BCUT2D eigenvalue weighted by atomic mass is 35.5. The maximum Gasteiger partial charge on any atom is 0.241 e. The smallest absolute Gasteiger partial charge is 0.241 e. The molecule has 6 heteroatoms. The minimum atomic E-state index is -0.229. The van der Waals surface area contributed by atoms with Gasteiger partial charge >= 0.3 is 0 Å². The molecular weight excluding hydrogens is 297 g/mol. The summed E-state index contributed by atoms with van der Waals surface area (Å²) in [5.74, 6) is 0.0455. The Bertz CT molecular complexity index is 361. The number of nitrogens with one attached hydrogen (secondary N) is 2. The van der Waals surface area contributed by atoms with Crippen molar-refractivity contribution in [2.45, 2.75) is 13.0 Å². The van der Waals surface area contributed by atoms with Gasteiger partial charge in [0.2, 0.25) is 5.91 Å². The molecular formula is C14H25Cl2N3O. The molecule has 1 atom stereocenters. The lowest BCUT2D eigenvalue weighted by Crippen LogP contribution is -2.39. The van der Waals surface area contributed by atoms with E-state index in [2.05, 4.69) is 17.6 Å². The van der Waals surface area contributed by atoms with Crippen LogP contribution >= 0.6 is 24.8 Å². The molecule has 1 aromatic rings. The molecule has 0 saturated carbocycles. The standard InChI is InChI=1S/C14H23N3O.2ClH/c1-4-15-10-11-16-14(18)13(17(2)3)12-8-6-5-7-9-12;;/h5-9,13,15H,4,10-11H2,1-3H3,(H,16,18);2*1H. The lowest BCUT2D eigenvalue weighted by molar-refractivity contribution is -0.125. The van der Waals surface area contributed by atoms with E-state index < -0.39 is 0 Å². The molecule has 0 saturated heterocycles. The second kappa shape index (κ2) is 12.0. The minimum absolute atomic E-state index is 0. The molecule has 20 heavy (non-hydrogen) atoms. The predicted octanol–water partition coefficient (Wildman–Crippen LogP) is 1.86. The molecule has 0 aliphatic carbocycles. The first kappa shape index (κ1) is 21.5. The van der Waals surface area contributed by atoms with E-state index in [1.807, 2.05) is 49.3 Å². The quantitative estimate of drug-likeness (QED) is 0.753. The molecule has 0 spiro atoms. The third-order valence-corrected chi connectivity index (χ3v) is 2.73. The number of amides is 1. The highest BCUT2D eigenvalue weighted by Gasteiger charge is 2.21. The van der Waals surface area contributed by atoms with Gasteiger partial charge in [-0.25, -0.2) is 0 Å². The largest absolute Gasteiger partial charge is 0.353 e. The van der Waals surface area contributed by atoms with E-state index in [-0.39, 0.29) is 36.8 Å². The number of carbonyl (C=O) groups excluding carboxylic acids is 1. The van der Waals surface area contributed by atoms with Gasteiger partial charge in [0.05, 0.1) is 0 Å². The summed E-state index contributed by atoms with van der Waals surface area (Å²) in [6.07, 6.45) is 0. The summed E-state index contributed by atoms with van der Waals surface area (Å²) in [5.41, 5.74) is 1.02. The van der Waals surface area contributed by atoms with Crippen molar-refractivity contribution in [1.82, 2.24) is 15.5 Å². The Balaban J connectivity index is 0. The molecule has 0 aliphatic rings. The van der Waals surface area contributed by atoms with Crippen molar-refractivity contribution < 1.29 is 4.79 Å². The van der Waals surface area contributed by atoms with Crippen LogP contribution in [-0.2, 0) is 4.79 Å². The van der Waals surface area contributed by atoms with Crippen molar-refractivity contribution in [3.8, 4) is 0 Å². The molecule has 1 rings (SSSR count). The Morgan fingerprint density at radius 3 is 2.25 bits per heavy atom. The van der Waals surface area contributed by atoms with E-state index in [0.717, 1.165) is 18.7 Å². The van der Waals surface area contributed by atoms with Gasteiger partial charge in [-0.15, -0.1) is 24.8 Å². The van der Waals surface area contributed by atoms with Crippen LogP contribution in [0.3, 0.4) is 0 Å². The van der Waals surface area contributed by atoms with Crippen LogP contribution in [0.1, 0.15) is 18.5 Å². The number of carbonyl (C=O) groups is 1. The third kappa shape index (κ3) is 7.10. The van der Waals surface area contributed by atoms with E-state index in [1.54, 1.807) is 0 Å². The Morgan fingerprint density at radius 2 is 1.75 bits per heavy atom. The molecule has 1 amide bonds.